The molecule has 4 heteroatoms. The number of anilines is 1. The highest BCUT2D eigenvalue weighted by Crippen LogP contribution is 2.08. The summed E-state index contributed by atoms with van der Waals surface area (Å²) < 4.78 is 1.73. The van der Waals surface area contributed by atoms with Crippen LogP contribution in [0, 0.1) is 6.92 Å². The average Bonchev–Trinajstić information content (AvgIpc) is 2.65. The maximum absolute atomic E-state index is 10.5. The maximum Gasteiger partial charge on any atom is 0.151 e. The molecule has 0 aliphatic heterocycles. The first-order chi connectivity index (χ1) is 7.28. The standard InChI is InChI=1S/C11H11N3O/c1-9-6-11(2-4-12-9)13-14-5-3-10(7-14)8-15/h2-8H,1H3,(H,12,13). The van der Waals surface area contributed by atoms with E-state index in [4.69, 9.17) is 0 Å². The van der Waals surface area contributed by atoms with Gasteiger partial charge in [-0.2, -0.15) is 0 Å². The highest BCUT2D eigenvalue weighted by atomic mass is 16.1. The zero-order valence-electron chi connectivity index (χ0n) is 8.34. The van der Waals surface area contributed by atoms with Crippen molar-refractivity contribution < 1.29 is 4.79 Å². The van der Waals surface area contributed by atoms with Crippen LogP contribution in [0.25, 0.3) is 0 Å². The van der Waals surface area contributed by atoms with Crippen molar-refractivity contribution in [2.24, 2.45) is 0 Å². The van der Waals surface area contributed by atoms with Crippen molar-refractivity contribution in [3.05, 3.63) is 48.0 Å². The molecule has 2 aromatic rings. The van der Waals surface area contributed by atoms with Crippen LogP contribution < -0.4 is 5.43 Å². The van der Waals surface area contributed by atoms with Gasteiger partial charge in [0.05, 0.1) is 5.69 Å². The van der Waals surface area contributed by atoms with Crippen molar-refractivity contribution in [3.8, 4) is 0 Å². The first kappa shape index (κ1) is 9.45. The average molecular weight is 201 g/mol. The van der Waals surface area contributed by atoms with Crippen molar-refractivity contribution >= 4 is 12.0 Å². The number of rotatable bonds is 3. The minimum atomic E-state index is 0.647. The SMILES string of the molecule is Cc1cc(Nn2ccc(C=O)c2)ccn1. The summed E-state index contributed by atoms with van der Waals surface area (Å²) in [6.07, 6.45) is 6.07. The van der Waals surface area contributed by atoms with Gasteiger partial charge in [-0.1, -0.05) is 0 Å². The number of nitrogens with one attached hydrogen (secondary N) is 1. The zero-order chi connectivity index (χ0) is 10.7. The van der Waals surface area contributed by atoms with E-state index in [1.54, 1.807) is 29.3 Å². The maximum atomic E-state index is 10.5. The summed E-state index contributed by atoms with van der Waals surface area (Å²) >= 11 is 0. The van der Waals surface area contributed by atoms with Crippen molar-refractivity contribution in [1.82, 2.24) is 9.66 Å². The number of carbonyl (C=O) groups excluding carboxylic acids is 1. The van der Waals surface area contributed by atoms with Crippen molar-refractivity contribution in [2.75, 3.05) is 5.43 Å². The molecule has 4 nitrogen and oxygen atoms in total. The number of carbonyl (C=O) groups is 1. The first-order valence-electron chi connectivity index (χ1n) is 4.61. The van der Waals surface area contributed by atoms with Crippen LogP contribution in [0.15, 0.2) is 36.8 Å². The molecule has 1 N–H and O–H groups in total. The smallest absolute Gasteiger partial charge is 0.151 e. The van der Waals surface area contributed by atoms with E-state index in [0.29, 0.717) is 5.56 Å². The quantitative estimate of drug-likeness (QED) is 0.771. The number of aldehydes is 1. The lowest BCUT2D eigenvalue weighted by atomic mass is 10.3. The highest BCUT2D eigenvalue weighted by molar-refractivity contribution is 5.74. The van der Waals surface area contributed by atoms with Gasteiger partial charge in [-0.3, -0.25) is 19.9 Å². The molecule has 0 saturated heterocycles. The van der Waals surface area contributed by atoms with Crippen LogP contribution in [0.1, 0.15) is 16.1 Å². The lowest BCUT2D eigenvalue weighted by Gasteiger charge is -2.07. The molecule has 0 bridgehead atoms. The van der Waals surface area contributed by atoms with Crippen LogP contribution in [-0.2, 0) is 0 Å². The van der Waals surface area contributed by atoms with E-state index >= 15 is 0 Å². The Kier molecular flexibility index (Phi) is 2.49. The van der Waals surface area contributed by atoms with E-state index < -0.39 is 0 Å². The van der Waals surface area contributed by atoms with Gasteiger partial charge in [0.15, 0.2) is 6.29 Å². The topological polar surface area (TPSA) is 46.9 Å². The molecule has 0 amide bonds. The third-order valence-electron chi connectivity index (χ3n) is 2.01. The van der Waals surface area contributed by atoms with E-state index in [1.165, 1.54) is 0 Å². The normalized spacial score (nSPS) is 9.93. The predicted molar refractivity (Wildman–Crippen MR) is 57.8 cm³/mol. The lowest BCUT2D eigenvalue weighted by molar-refractivity contribution is 0.112. The van der Waals surface area contributed by atoms with Crippen molar-refractivity contribution in [1.29, 1.82) is 0 Å². The molecule has 0 aromatic carbocycles. The molecule has 0 fully saturated rings. The molecular weight excluding hydrogens is 190 g/mol. The fourth-order valence-corrected chi connectivity index (χ4v) is 1.32. The van der Waals surface area contributed by atoms with Crippen LogP contribution >= 0.6 is 0 Å². The van der Waals surface area contributed by atoms with Crippen LogP contribution in [0.4, 0.5) is 5.69 Å². The fourth-order valence-electron chi connectivity index (χ4n) is 1.32. The summed E-state index contributed by atoms with van der Waals surface area (Å²) in [6.45, 7) is 1.93. The van der Waals surface area contributed by atoms with Gasteiger partial charge in [0.1, 0.15) is 0 Å². The molecule has 0 saturated carbocycles. The van der Waals surface area contributed by atoms with Gasteiger partial charge in [-0.25, -0.2) is 0 Å². The largest absolute Gasteiger partial charge is 0.298 e. The second-order valence-electron chi connectivity index (χ2n) is 3.27. The minimum absolute atomic E-state index is 0.647. The summed E-state index contributed by atoms with van der Waals surface area (Å²) in [5.41, 5.74) is 5.65. The lowest BCUT2D eigenvalue weighted by Crippen LogP contribution is -2.06. The van der Waals surface area contributed by atoms with Gasteiger partial charge in [-0.15, -0.1) is 0 Å². The number of aromatic nitrogens is 2. The molecule has 0 unspecified atom stereocenters. The van der Waals surface area contributed by atoms with Crippen LogP contribution in [-0.4, -0.2) is 15.9 Å². The molecule has 2 aromatic heterocycles. The van der Waals surface area contributed by atoms with Gasteiger partial charge in [-0.05, 0) is 25.1 Å². The highest BCUT2D eigenvalue weighted by Gasteiger charge is 1.96. The third kappa shape index (κ3) is 2.22. The Morgan fingerprint density at radius 3 is 3.00 bits per heavy atom. The van der Waals surface area contributed by atoms with Gasteiger partial charge >= 0.3 is 0 Å². The molecule has 0 aliphatic rings. The summed E-state index contributed by atoms with van der Waals surface area (Å²) in [7, 11) is 0. The fraction of sp³-hybridized carbons (Fsp3) is 0.0909. The van der Waals surface area contributed by atoms with Gasteiger partial charge in [0.2, 0.25) is 0 Å². The molecule has 2 heterocycles. The molecular formula is C11H11N3O. The number of aryl methyl sites for hydroxylation is 1. The summed E-state index contributed by atoms with van der Waals surface area (Å²) in [5, 5.41) is 0. The minimum Gasteiger partial charge on any atom is -0.298 e. The predicted octanol–water partition coefficient (Wildman–Crippen LogP) is 1.88. The van der Waals surface area contributed by atoms with Crippen molar-refractivity contribution in [3.63, 3.8) is 0 Å². The molecule has 0 radical (unpaired) electrons. The molecule has 76 valence electrons. The zero-order valence-corrected chi connectivity index (χ0v) is 8.34. The molecule has 0 aliphatic carbocycles. The molecule has 15 heavy (non-hydrogen) atoms. The second kappa shape index (κ2) is 3.96. The number of hydrogen-bond donors (Lipinski definition) is 1. The number of pyridine rings is 1. The Morgan fingerprint density at radius 1 is 1.47 bits per heavy atom. The summed E-state index contributed by atoms with van der Waals surface area (Å²) in [6, 6.07) is 5.54. The Balaban J connectivity index is 2.18. The van der Waals surface area contributed by atoms with Crippen LogP contribution in [0.5, 0.6) is 0 Å². The van der Waals surface area contributed by atoms with E-state index in [-0.39, 0.29) is 0 Å². The van der Waals surface area contributed by atoms with Gasteiger partial charge < -0.3 is 0 Å². The molecule has 0 spiro atoms. The molecule has 0 atom stereocenters. The van der Waals surface area contributed by atoms with Crippen molar-refractivity contribution in [2.45, 2.75) is 6.92 Å². The Labute approximate surface area is 87.5 Å². The van der Waals surface area contributed by atoms with Crippen LogP contribution in [0.3, 0.4) is 0 Å². The van der Waals surface area contributed by atoms with Gasteiger partial charge in [0.25, 0.3) is 0 Å². The first-order valence-corrected chi connectivity index (χ1v) is 4.61. The van der Waals surface area contributed by atoms with E-state index in [2.05, 4.69) is 10.4 Å². The molecule has 2 rings (SSSR count). The summed E-state index contributed by atoms with van der Waals surface area (Å²) in [4.78, 5) is 14.6. The number of nitrogens with zero attached hydrogens (tertiary/aromatic N) is 2. The Morgan fingerprint density at radius 2 is 2.33 bits per heavy atom. The van der Waals surface area contributed by atoms with E-state index in [1.807, 2.05) is 19.1 Å². The number of hydrogen-bond acceptors (Lipinski definition) is 3. The Bertz CT molecular complexity index is 476. The van der Waals surface area contributed by atoms with Crippen LogP contribution in [0.2, 0.25) is 0 Å². The third-order valence-corrected chi connectivity index (χ3v) is 2.01. The summed E-state index contributed by atoms with van der Waals surface area (Å²) in [5.74, 6) is 0. The monoisotopic (exact) mass is 201 g/mol. The van der Waals surface area contributed by atoms with E-state index in [9.17, 15) is 4.79 Å². The van der Waals surface area contributed by atoms with Gasteiger partial charge in [0, 0.05) is 29.8 Å². The second-order valence-corrected chi connectivity index (χ2v) is 3.27. The Hall–Kier alpha value is -2.10. The van der Waals surface area contributed by atoms with E-state index in [0.717, 1.165) is 17.7 Å².